The van der Waals surface area contributed by atoms with Crippen molar-refractivity contribution in [2.75, 3.05) is 5.32 Å². The van der Waals surface area contributed by atoms with Crippen molar-refractivity contribution in [1.29, 1.82) is 0 Å². The van der Waals surface area contributed by atoms with Gasteiger partial charge >= 0.3 is 0 Å². The monoisotopic (exact) mass is 388 g/mol. The Morgan fingerprint density at radius 3 is 2.41 bits per heavy atom. The highest BCUT2D eigenvalue weighted by molar-refractivity contribution is 7.89. The first-order chi connectivity index (χ1) is 12.8. The molecule has 3 heterocycles. The highest BCUT2D eigenvalue weighted by atomic mass is 32.2. The number of fused-ring (bicyclic) bond motifs is 1. The van der Waals surface area contributed by atoms with E-state index in [1.807, 2.05) is 39.8 Å². The molecule has 0 radical (unpaired) electrons. The van der Waals surface area contributed by atoms with Gasteiger partial charge in [-0.2, -0.15) is 9.40 Å². The van der Waals surface area contributed by atoms with Gasteiger partial charge in [0.25, 0.3) is 0 Å². The second kappa shape index (κ2) is 7.61. The van der Waals surface area contributed by atoms with E-state index in [0.717, 1.165) is 11.3 Å². The molecule has 0 amide bonds. The molecule has 0 saturated carbocycles. The summed E-state index contributed by atoms with van der Waals surface area (Å²) in [7, 11) is -3.58. The Hall–Kier alpha value is -2.52. The topological polar surface area (TPSA) is 92.5 Å². The molecule has 0 unspecified atom stereocenters. The van der Waals surface area contributed by atoms with Gasteiger partial charge in [-0.15, -0.1) is 0 Å². The van der Waals surface area contributed by atoms with Crippen LogP contribution < -0.4 is 5.32 Å². The lowest BCUT2D eigenvalue weighted by Crippen LogP contribution is -2.41. The predicted octanol–water partition coefficient (Wildman–Crippen LogP) is 2.54. The third-order valence-corrected chi connectivity index (χ3v) is 6.38. The number of anilines is 1. The Balaban J connectivity index is 1.76. The first kappa shape index (κ1) is 19.2. The van der Waals surface area contributed by atoms with E-state index in [0.29, 0.717) is 12.4 Å². The highest BCUT2D eigenvalue weighted by Crippen LogP contribution is 2.21. The van der Waals surface area contributed by atoms with Crippen molar-refractivity contribution in [1.82, 2.24) is 23.9 Å². The van der Waals surface area contributed by atoms with Crippen molar-refractivity contribution in [3.8, 4) is 0 Å². The van der Waals surface area contributed by atoms with Gasteiger partial charge in [-0.25, -0.2) is 22.9 Å². The van der Waals surface area contributed by atoms with Gasteiger partial charge in [0.05, 0.1) is 18.4 Å². The lowest BCUT2D eigenvalue weighted by Gasteiger charge is -2.29. The molecule has 0 saturated heterocycles. The summed E-state index contributed by atoms with van der Waals surface area (Å²) in [5, 5.41) is 7.43. The molecule has 3 rings (SSSR count). The van der Waals surface area contributed by atoms with E-state index in [1.165, 1.54) is 10.5 Å². The van der Waals surface area contributed by atoms with E-state index < -0.39 is 10.0 Å². The van der Waals surface area contributed by atoms with Crippen LogP contribution in [0, 0.1) is 0 Å². The van der Waals surface area contributed by atoms with Gasteiger partial charge in [0.15, 0.2) is 5.65 Å². The second-order valence-electron chi connectivity index (χ2n) is 6.79. The van der Waals surface area contributed by atoms with E-state index in [2.05, 4.69) is 20.4 Å². The lowest BCUT2D eigenvalue weighted by atomic mass is 10.3. The maximum atomic E-state index is 12.9. The number of aromatic nitrogens is 4. The number of hydrogen-bond donors (Lipinski definition) is 1. The first-order valence-corrected chi connectivity index (χ1v) is 10.3. The quantitative estimate of drug-likeness (QED) is 0.669. The van der Waals surface area contributed by atoms with E-state index in [4.69, 9.17) is 0 Å². The van der Waals surface area contributed by atoms with Crippen LogP contribution in [0.25, 0.3) is 5.65 Å². The van der Waals surface area contributed by atoms with Gasteiger partial charge in [0.2, 0.25) is 10.0 Å². The molecule has 0 aliphatic carbocycles. The zero-order valence-corrected chi connectivity index (χ0v) is 16.7. The summed E-state index contributed by atoms with van der Waals surface area (Å²) in [6.07, 6.45) is 4.81. The van der Waals surface area contributed by atoms with Gasteiger partial charge in [0.1, 0.15) is 10.7 Å². The Morgan fingerprint density at radius 1 is 1.04 bits per heavy atom. The molecule has 0 aliphatic rings. The summed E-state index contributed by atoms with van der Waals surface area (Å²) in [4.78, 5) is 8.68. The molecule has 0 aromatic carbocycles. The molecule has 0 atom stereocenters. The van der Waals surface area contributed by atoms with E-state index in [9.17, 15) is 8.42 Å². The lowest BCUT2D eigenvalue weighted by molar-refractivity contribution is 0.302. The Kier molecular flexibility index (Phi) is 5.43. The first-order valence-electron chi connectivity index (χ1n) is 8.82. The number of hydrogen-bond acceptors (Lipinski definition) is 6. The molecule has 8 nitrogen and oxygen atoms in total. The van der Waals surface area contributed by atoms with Gasteiger partial charge in [-0.1, -0.05) is 0 Å². The zero-order chi connectivity index (χ0) is 19.6. The van der Waals surface area contributed by atoms with Crippen LogP contribution >= 0.6 is 0 Å². The fourth-order valence-corrected chi connectivity index (χ4v) is 4.89. The molecule has 9 heteroatoms. The second-order valence-corrected chi connectivity index (χ2v) is 8.64. The van der Waals surface area contributed by atoms with Crippen molar-refractivity contribution >= 4 is 21.5 Å². The van der Waals surface area contributed by atoms with E-state index >= 15 is 0 Å². The Bertz CT molecular complexity index is 1000. The van der Waals surface area contributed by atoms with Crippen LogP contribution in [0.3, 0.4) is 0 Å². The molecule has 3 aromatic heterocycles. The zero-order valence-electron chi connectivity index (χ0n) is 15.9. The van der Waals surface area contributed by atoms with E-state index in [1.54, 1.807) is 29.0 Å². The van der Waals surface area contributed by atoms with Gasteiger partial charge in [-0.3, -0.25) is 0 Å². The minimum atomic E-state index is -3.58. The van der Waals surface area contributed by atoms with Crippen molar-refractivity contribution < 1.29 is 8.42 Å². The van der Waals surface area contributed by atoms with Crippen molar-refractivity contribution in [2.45, 2.75) is 51.2 Å². The molecular formula is C18H24N6O2S. The minimum absolute atomic E-state index is 0.129. The number of nitrogens with one attached hydrogen (secondary N) is 1. The van der Waals surface area contributed by atoms with Crippen LogP contribution in [-0.2, 0) is 16.6 Å². The maximum absolute atomic E-state index is 12.9. The summed E-state index contributed by atoms with van der Waals surface area (Å²) in [6, 6.07) is 6.70. The van der Waals surface area contributed by atoms with Crippen LogP contribution in [0.4, 0.5) is 5.82 Å². The number of sulfonamides is 1. The summed E-state index contributed by atoms with van der Waals surface area (Å²) < 4.78 is 29.0. The van der Waals surface area contributed by atoms with Crippen LogP contribution in [-0.4, -0.2) is 44.4 Å². The van der Waals surface area contributed by atoms with Crippen LogP contribution in [0.2, 0.25) is 0 Å². The molecule has 3 aromatic rings. The van der Waals surface area contributed by atoms with E-state index in [-0.39, 0.29) is 17.0 Å². The number of nitrogens with zero attached hydrogens (tertiary/aromatic N) is 5. The Labute approximate surface area is 159 Å². The molecule has 0 spiro atoms. The highest BCUT2D eigenvalue weighted by Gasteiger charge is 2.29. The minimum Gasteiger partial charge on any atom is -0.364 e. The molecule has 0 fully saturated rings. The normalized spacial score (nSPS) is 12.4. The molecule has 1 N–H and O–H groups in total. The van der Waals surface area contributed by atoms with Gasteiger partial charge in [0, 0.05) is 30.5 Å². The molecule has 0 aliphatic heterocycles. The van der Waals surface area contributed by atoms with Crippen molar-refractivity contribution in [2.24, 2.45) is 0 Å². The SMILES string of the molecule is CC(C)N(C(C)C)S(=O)(=O)c1ccc(NCc2ccnc3ccnn23)nc1. The third kappa shape index (κ3) is 3.93. The molecule has 144 valence electrons. The van der Waals surface area contributed by atoms with Crippen LogP contribution in [0.1, 0.15) is 33.4 Å². The van der Waals surface area contributed by atoms with Crippen LogP contribution in [0.15, 0.2) is 47.8 Å². The largest absolute Gasteiger partial charge is 0.364 e. The summed E-state index contributed by atoms with van der Waals surface area (Å²) in [5.74, 6) is 0.590. The Morgan fingerprint density at radius 2 is 1.78 bits per heavy atom. The standard InChI is InChI=1S/C18H24N6O2S/c1-13(2)24(14(3)4)27(25,26)16-5-6-17(21-12-16)20-11-15-7-9-19-18-8-10-22-23(15)18/h5-10,12-14H,11H2,1-4H3,(H,20,21). The summed E-state index contributed by atoms with van der Waals surface area (Å²) >= 11 is 0. The number of rotatable bonds is 7. The maximum Gasteiger partial charge on any atom is 0.245 e. The summed E-state index contributed by atoms with van der Waals surface area (Å²) in [6.45, 7) is 7.96. The van der Waals surface area contributed by atoms with Crippen molar-refractivity contribution in [3.05, 3.63) is 48.5 Å². The van der Waals surface area contributed by atoms with Gasteiger partial charge < -0.3 is 5.32 Å². The molecular weight excluding hydrogens is 364 g/mol. The van der Waals surface area contributed by atoms with Crippen LogP contribution in [0.5, 0.6) is 0 Å². The van der Waals surface area contributed by atoms with Crippen molar-refractivity contribution in [3.63, 3.8) is 0 Å². The molecule has 0 bridgehead atoms. The predicted molar refractivity (Wildman–Crippen MR) is 104 cm³/mol. The fraction of sp³-hybridized carbons (Fsp3) is 0.389. The average molecular weight is 388 g/mol. The molecule has 27 heavy (non-hydrogen) atoms. The average Bonchev–Trinajstić information content (AvgIpc) is 3.08. The fourth-order valence-electron chi connectivity index (χ4n) is 3.11. The number of pyridine rings is 1. The summed E-state index contributed by atoms with van der Waals surface area (Å²) in [5.41, 5.74) is 1.69. The third-order valence-electron chi connectivity index (χ3n) is 4.15. The van der Waals surface area contributed by atoms with Gasteiger partial charge in [-0.05, 0) is 45.9 Å². The smallest absolute Gasteiger partial charge is 0.245 e.